The normalized spacial score (nSPS) is 12.7. The maximum absolute atomic E-state index is 12.9. The van der Waals surface area contributed by atoms with Crippen LogP contribution in [0.25, 0.3) is 0 Å². The van der Waals surface area contributed by atoms with E-state index in [9.17, 15) is 44.3 Å². The van der Waals surface area contributed by atoms with Gasteiger partial charge in [-0.2, -0.15) is 39.5 Å². The van der Waals surface area contributed by atoms with Gasteiger partial charge in [-0.25, -0.2) is 0 Å². The second-order valence-corrected chi connectivity index (χ2v) is 6.36. The number of aryl methyl sites for hydroxylation is 1. The highest BCUT2D eigenvalue weighted by Gasteiger charge is 2.36. The molecule has 0 aliphatic rings. The summed E-state index contributed by atoms with van der Waals surface area (Å²) >= 11 is 0. The van der Waals surface area contributed by atoms with Crippen LogP contribution in [-0.2, 0) is 24.9 Å². The number of anilines is 1. The van der Waals surface area contributed by atoms with Crippen molar-refractivity contribution in [2.45, 2.75) is 31.4 Å². The van der Waals surface area contributed by atoms with Gasteiger partial charge in [0.2, 0.25) is 0 Å². The fraction of sp³-hybridized carbons (Fsp3) is 0.316. The smallest absolute Gasteiger partial charge is 0.384 e. The van der Waals surface area contributed by atoms with Crippen molar-refractivity contribution in [3.63, 3.8) is 0 Å². The molecule has 164 valence electrons. The Morgan fingerprint density at radius 3 is 1.73 bits per heavy atom. The standard InChI is InChI=1S/C19H14F9NO/c20-17(21,22)13-3-4-16(12(8-13)10-30)29-5-1-2-11-6-14(18(23,24)25)9-15(7-11)19(26,27)28/h3-4,6-10,29H,1-2,5H2. The van der Waals surface area contributed by atoms with Crippen LogP contribution in [0.15, 0.2) is 36.4 Å². The SMILES string of the molecule is O=Cc1cc(C(F)(F)F)ccc1NCCCc1cc(C(F)(F)F)cc(C(F)(F)F)c1. The van der Waals surface area contributed by atoms with Crippen molar-refractivity contribution in [2.24, 2.45) is 0 Å². The number of alkyl halides is 9. The van der Waals surface area contributed by atoms with Crippen LogP contribution in [0.2, 0.25) is 0 Å². The van der Waals surface area contributed by atoms with E-state index in [1.54, 1.807) is 0 Å². The lowest BCUT2D eigenvalue weighted by molar-refractivity contribution is -0.143. The summed E-state index contributed by atoms with van der Waals surface area (Å²) in [6.07, 6.45) is -14.4. The Labute approximate surface area is 164 Å². The summed E-state index contributed by atoms with van der Waals surface area (Å²) in [5.74, 6) is 0. The molecule has 0 heterocycles. The second-order valence-electron chi connectivity index (χ2n) is 6.36. The van der Waals surface area contributed by atoms with E-state index in [-0.39, 0.29) is 48.6 Å². The van der Waals surface area contributed by atoms with Crippen LogP contribution in [0.5, 0.6) is 0 Å². The summed E-state index contributed by atoms with van der Waals surface area (Å²) in [7, 11) is 0. The van der Waals surface area contributed by atoms with E-state index in [4.69, 9.17) is 0 Å². The van der Waals surface area contributed by atoms with Gasteiger partial charge in [0.1, 0.15) is 0 Å². The molecule has 11 heteroatoms. The third-order valence-electron chi connectivity index (χ3n) is 4.11. The lowest BCUT2D eigenvalue weighted by Crippen LogP contribution is -2.12. The zero-order valence-corrected chi connectivity index (χ0v) is 15.0. The molecule has 1 N–H and O–H groups in total. The van der Waals surface area contributed by atoms with Crippen LogP contribution in [0.4, 0.5) is 45.2 Å². The van der Waals surface area contributed by atoms with Gasteiger partial charge in [0.15, 0.2) is 6.29 Å². The fourth-order valence-electron chi connectivity index (χ4n) is 2.68. The number of rotatable bonds is 6. The lowest BCUT2D eigenvalue weighted by atomic mass is 10.0. The Hall–Kier alpha value is -2.72. The molecule has 2 aromatic carbocycles. The van der Waals surface area contributed by atoms with Gasteiger partial charge >= 0.3 is 18.5 Å². The van der Waals surface area contributed by atoms with Crippen molar-refractivity contribution >= 4 is 12.0 Å². The van der Waals surface area contributed by atoms with Gasteiger partial charge in [-0.05, 0) is 54.8 Å². The van der Waals surface area contributed by atoms with Gasteiger partial charge in [-0.3, -0.25) is 4.79 Å². The molecule has 0 bridgehead atoms. The number of aldehydes is 1. The van der Waals surface area contributed by atoms with Gasteiger partial charge in [0.05, 0.1) is 16.7 Å². The largest absolute Gasteiger partial charge is 0.416 e. The van der Waals surface area contributed by atoms with Crippen molar-refractivity contribution in [3.05, 3.63) is 64.2 Å². The first-order valence-corrected chi connectivity index (χ1v) is 8.40. The highest BCUT2D eigenvalue weighted by Crippen LogP contribution is 2.36. The summed E-state index contributed by atoms with van der Waals surface area (Å²) in [4.78, 5) is 11.0. The average Bonchev–Trinajstić information content (AvgIpc) is 2.62. The minimum Gasteiger partial charge on any atom is -0.384 e. The Morgan fingerprint density at radius 2 is 1.27 bits per heavy atom. The summed E-state index contributed by atoms with van der Waals surface area (Å²) in [5.41, 5.74) is -4.28. The first kappa shape index (κ1) is 23.6. The van der Waals surface area contributed by atoms with Gasteiger partial charge in [0.25, 0.3) is 0 Å². The van der Waals surface area contributed by atoms with Crippen molar-refractivity contribution in [1.29, 1.82) is 0 Å². The molecule has 0 aliphatic heterocycles. The number of hydrogen-bond donors (Lipinski definition) is 1. The van der Waals surface area contributed by atoms with Crippen LogP contribution in [0.3, 0.4) is 0 Å². The average molecular weight is 443 g/mol. The predicted molar refractivity (Wildman–Crippen MR) is 90.1 cm³/mol. The Balaban J connectivity index is 2.10. The minimum absolute atomic E-state index is 0.00377. The van der Waals surface area contributed by atoms with Gasteiger partial charge in [-0.15, -0.1) is 0 Å². The Bertz CT molecular complexity index is 866. The molecule has 2 rings (SSSR count). The fourth-order valence-corrected chi connectivity index (χ4v) is 2.68. The maximum Gasteiger partial charge on any atom is 0.416 e. The van der Waals surface area contributed by atoms with Crippen molar-refractivity contribution in [1.82, 2.24) is 0 Å². The van der Waals surface area contributed by atoms with Crippen molar-refractivity contribution < 1.29 is 44.3 Å². The molecule has 0 atom stereocenters. The van der Waals surface area contributed by atoms with Crippen LogP contribution in [0, 0.1) is 0 Å². The monoisotopic (exact) mass is 443 g/mol. The molecular weight excluding hydrogens is 429 g/mol. The lowest BCUT2D eigenvalue weighted by Gasteiger charge is -2.15. The maximum atomic E-state index is 12.9. The highest BCUT2D eigenvalue weighted by atomic mass is 19.4. The second kappa shape index (κ2) is 8.57. The number of benzene rings is 2. The molecule has 0 aliphatic carbocycles. The van der Waals surface area contributed by atoms with Crippen molar-refractivity contribution in [2.75, 3.05) is 11.9 Å². The van der Waals surface area contributed by atoms with Gasteiger partial charge < -0.3 is 5.32 Å². The van der Waals surface area contributed by atoms with Crippen LogP contribution < -0.4 is 5.32 Å². The van der Waals surface area contributed by atoms with E-state index in [1.807, 2.05) is 0 Å². The topological polar surface area (TPSA) is 29.1 Å². The molecule has 0 spiro atoms. The zero-order chi connectivity index (χ0) is 22.7. The highest BCUT2D eigenvalue weighted by molar-refractivity contribution is 5.84. The third-order valence-corrected chi connectivity index (χ3v) is 4.11. The number of nitrogens with one attached hydrogen (secondary N) is 1. The molecule has 2 aromatic rings. The molecule has 2 nitrogen and oxygen atoms in total. The molecule has 0 unspecified atom stereocenters. The van der Waals surface area contributed by atoms with E-state index in [0.717, 1.165) is 12.1 Å². The number of halogens is 9. The predicted octanol–water partition coefficient (Wildman–Crippen LogP) is 6.60. The van der Waals surface area contributed by atoms with Crippen LogP contribution in [-0.4, -0.2) is 12.8 Å². The third kappa shape index (κ3) is 6.14. The van der Waals surface area contributed by atoms with E-state index >= 15 is 0 Å². The Morgan fingerprint density at radius 1 is 0.733 bits per heavy atom. The molecule has 30 heavy (non-hydrogen) atoms. The Kier molecular flexibility index (Phi) is 6.73. The number of carbonyl (C=O) groups excluding carboxylic acids is 1. The van der Waals surface area contributed by atoms with Crippen molar-refractivity contribution in [3.8, 4) is 0 Å². The number of hydrogen-bond acceptors (Lipinski definition) is 2. The first-order valence-electron chi connectivity index (χ1n) is 8.40. The first-order chi connectivity index (χ1) is 13.7. The molecular formula is C19H14F9NO. The van der Waals surface area contributed by atoms with Gasteiger partial charge in [0, 0.05) is 17.8 Å². The summed E-state index contributed by atoms with van der Waals surface area (Å²) in [6.45, 7) is 0.00377. The molecule has 0 saturated carbocycles. The van der Waals surface area contributed by atoms with E-state index in [0.29, 0.717) is 18.2 Å². The summed E-state index contributed by atoms with van der Waals surface area (Å²) < 4.78 is 115. The molecule has 0 radical (unpaired) electrons. The molecule has 0 fully saturated rings. The molecule has 0 aromatic heterocycles. The summed E-state index contributed by atoms with van der Waals surface area (Å²) in [5, 5.41) is 2.66. The quantitative estimate of drug-likeness (QED) is 0.310. The molecule has 0 saturated heterocycles. The van der Waals surface area contributed by atoms with Gasteiger partial charge in [-0.1, -0.05) is 0 Å². The van der Waals surface area contributed by atoms with E-state index in [1.165, 1.54) is 0 Å². The van der Waals surface area contributed by atoms with E-state index < -0.39 is 35.2 Å². The van der Waals surface area contributed by atoms with Crippen LogP contribution in [0.1, 0.15) is 39.0 Å². The number of carbonyl (C=O) groups is 1. The van der Waals surface area contributed by atoms with Crippen LogP contribution >= 0.6 is 0 Å². The van der Waals surface area contributed by atoms with E-state index in [2.05, 4.69) is 5.32 Å². The summed E-state index contributed by atoms with van der Waals surface area (Å²) in [6, 6.07) is 3.67. The minimum atomic E-state index is -4.95. The zero-order valence-electron chi connectivity index (χ0n) is 15.0. The molecule has 0 amide bonds.